The fourth-order valence-corrected chi connectivity index (χ4v) is 1.32. The van der Waals surface area contributed by atoms with Crippen LogP contribution in [-0.4, -0.2) is 24.0 Å². The third-order valence-electron chi connectivity index (χ3n) is 2.06. The minimum Gasteiger partial charge on any atom is -0.458 e. The fraction of sp³-hybridized carbons (Fsp3) is 0.833. The van der Waals surface area contributed by atoms with E-state index >= 15 is 0 Å². The monoisotopic (exact) mass is 229 g/mol. The number of esters is 1. The highest BCUT2D eigenvalue weighted by molar-refractivity contribution is 5.78. The molecule has 1 atom stereocenters. The molecule has 1 amide bonds. The molecule has 94 valence electrons. The summed E-state index contributed by atoms with van der Waals surface area (Å²) in [5.74, 6) is -0.351. The van der Waals surface area contributed by atoms with E-state index in [-0.39, 0.29) is 5.97 Å². The van der Waals surface area contributed by atoms with Crippen molar-refractivity contribution in [3.05, 3.63) is 0 Å². The Kier molecular flexibility index (Phi) is 6.77. The highest BCUT2D eigenvalue weighted by Crippen LogP contribution is 2.11. The first kappa shape index (κ1) is 14.9. The Labute approximate surface area is 97.7 Å². The second-order valence-electron chi connectivity index (χ2n) is 4.87. The Balaban J connectivity index is 4.18. The molecule has 4 nitrogen and oxygen atoms in total. The molecule has 0 heterocycles. The van der Waals surface area contributed by atoms with Gasteiger partial charge in [0.05, 0.1) is 0 Å². The summed E-state index contributed by atoms with van der Waals surface area (Å²) in [7, 11) is 0. The maximum absolute atomic E-state index is 11.7. The van der Waals surface area contributed by atoms with E-state index in [9.17, 15) is 9.59 Å². The average molecular weight is 229 g/mol. The topological polar surface area (TPSA) is 55.4 Å². The van der Waals surface area contributed by atoms with Gasteiger partial charge in [0.2, 0.25) is 6.41 Å². The van der Waals surface area contributed by atoms with Gasteiger partial charge in [-0.05, 0) is 27.2 Å². The number of carbonyl (C=O) groups is 2. The minimum atomic E-state index is -0.511. The zero-order valence-corrected chi connectivity index (χ0v) is 10.7. The second-order valence-corrected chi connectivity index (χ2v) is 4.87. The van der Waals surface area contributed by atoms with Crippen molar-refractivity contribution in [2.24, 2.45) is 0 Å². The zero-order chi connectivity index (χ0) is 12.6. The van der Waals surface area contributed by atoms with Crippen molar-refractivity contribution in [2.75, 3.05) is 0 Å². The maximum atomic E-state index is 11.7. The molecule has 0 saturated carbocycles. The molecule has 0 unspecified atom stereocenters. The molecule has 4 heteroatoms. The Hall–Kier alpha value is -1.06. The SMILES string of the molecule is CCCCC[C@H](NC=O)C(=O)OC(C)(C)C. The Bertz CT molecular complexity index is 221. The molecule has 0 radical (unpaired) electrons. The lowest BCUT2D eigenvalue weighted by Crippen LogP contribution is -2.40. The van der Waals surface area contributed by atoms with Crippen LogP contribution in [0.3, 0.4) is 0 Å². The molecule has 0 aliphatic carbocycles. The van der Waals surface area contributed by atoms with E-state index in [0.29, 0.717) is 12.8 Å². The molecule has 0 bridgehead atoms. The van der Waals surface area contributed by atoms with Crippen LogP contribution in [-0.2, 0) is 14.3 Å². The minimum absolute atomic E-state index is 0.351. The van der Waals surface area contributed by atoms with Crippen LogP contribution in [0, 0.1) is 0 Å². The van der Waals surface area contributed by atoms with Crippen LogP contribution in [0.15, 0.2) is 0 Å². The molecule has 0 spiro atoms. The number of ether oxygens (including phenoxy) is 1. The Morgan fingerprint density at radius 3 is 2.44 bits per heavy atom. The van der Waals surface area contributed by atoms with Crippen LogP contribution >= 0.6 is 0 Å². The van der Waals surface area contributed by atoms with Crippen LogP contribution in [0.25, 0.3) is 0 Å². The third kappa shape index (κ3) is 7.26. The average Bonchev–Trinajstić information content (AvgIpc) is 2.14. The number of amides is 1. The van der Waals surface area contributed by atoms with Gasteiger partial charge in [0.1, 0.15) is 11.6 Å². The van der Waals surface area contributed by atoms with Crippen molar-refractivity contribution in [1.82, 2.24) is 5.32 Å². The van der Waals surface area contributed by atoms with Crippen LogP contribution in [0.2, 0.25) is 0 Å². The number of nitrogens with one attached hydrogen (secondary N) is 1. The Morgan fingerprint density at radius 2 is 2.00 bits per heavy atom. The van der Waals surface area contributed by atoms with Crippen molar-refractivity contribution >= 4 is 12.4 Å². The first-order valence-corrected chi connectivity index (χ1v) is 5.83. The number of carbonyl (C=O) groups excluding carboxylic acids is 2. The van der Waals surface area contributed by atoms with E-state index in [2.05, 4.69) is 12.2 Å². The van der Waals surface area contributed by atoms with E-state index in [1.165, 1.54) is 0 Å². The normalized spacial score (nSPS) is 13.0. The van der Waals surface area contributed by atoms with Gasteiger partial charge < -0.3 is 10.1 Å². The van der Waals surface area contributed by atoms with Crippen molar-refractivity contribution < 1.29 is 14.3 Å². The Morgan fingerprint density at radius 1 is 1.38 bits per heavy atom. The summed E-state index contributed by atoms with van der Waals surface area (Å²) >= 11 is 0. The number of hydrogen-bond acceptors (Lipinski definition) is 3. The van der Waals surface area contributed by atoms with Gasteiger partial charge in [-0.1, -0.05) is 26.2 Å². The summed E-state index contributed by atoms with van der Waals surface area (Å²) in [4.78, 5) is 22.1. The summed E-state index contributed by atoms with van der Waals surface area (Å²) in [6.07, 6.45) is 4.26. The molecule has 1 N–H and O–H groups in total. The summed E-state index contributed by atoms with van der Waals surface area (Å²) < 4.78 is 5.22. The highest BCUT2D eigenvalue weighted by atomic mass is 16.6. The van der Waals surface area contributed by atoms with Crippen molar-refractivity contribution in [3.63, 3.8) is 0 Å². The number of rotatable bonds is 7. The van der Waals surface area contributed by atoms with E-state index in [0.717, 1.165) is 19.3 Å². The van der Waals surface area contributed by atoms with Crippen LogP contribution < -0.4 is 5.32 Å². The van der Waals surface area contributed by atoms with Crippen LogP contribution in [0.5, 0.6) is 0 Å². The predicted molar refractivity (Wildman–Crippen MR) is 63.0 cm³/mol. The van der Waals surface area contributed by atoms with Gasteiger partial charge in [0.25, 0.3) is 0 Å². The molecule has 0 aromatic rings. The summed E-state index contributed by atoms with van der Waals surface area (Å²) in [5, 5.41) is 2.51. The molecular formula is C12H23NO3. The van der Waals surface area contributed by atoms with E-state index in [1.54, 1.807) is 0 Å². The molecule has 0 aromatic carbocycles. The highest BCUT2D eigenvalue weighted by Gasteiger charge is 2.24. The smallest absolute Gasteiger partial charge is 0.329 e. The lowest BCUT2D eigenvalue weighted by molar-refractivity contribution is -0.158. The van der Waals surface area contributed by atoms with Gasteiger partial charge in [-0.3, -0.25) is 4.79 Å². The molecule has 16 heavy (non-hydrogen) atoms. The molecular weight excluding hydrogens is 206 g/mol. The molecule has 0 saturated heterocycles. The summed E-state index contributed by atoms with van der Waals surface area (Å²) in [5.41, 5.74) is -0.509. The van der Waals surface area contributed by atoms with Gasteiger partial charge in [-0.25, -0.2) is 4.79 Å². The van der Waals surface area contributed by atoms with Crippen molar-refractivity contribution in [2.45, 2.75) is 65.0 Å². The lowest BCUT2D eigenvalue weighted by atomic mass is 10.1. The maximum Gasteiger partial charge on any atom is 0.329 e. The van der Waals surface area contributed by atoms with Gasteiger partial charge >= 0.3 is 5.97 Å². The largest absolute Gasteiger partial charge is 0.458 e. The standard InChI is InChI=1S/C12H23NO3/c1-5-6-7-8-10(13-9-14)11(15)16-12(2,3)4/h9-10H,5-8H2,1-4H3,(H,13,14)/t10-/m0/s1. The van der Waals surface area contributed by atoms with E-state index < -0.39 is 11.6 Å². The molecule has 0 aromatic heterocycles. The number of hydrogen-bond donors (Lipinski definition) is 1. The molecule has 0 rings (SSSR count). The molecule has 0 aliphatic rings. The van der Waals surface area contributed by atoms with Gasteiger partial charge in [-0.2, -0.15) is 0 Å². The quantitative estimate of drug-likeness (QED) is 0.413. The zero-order valence-electron chi connectivity index (χ0n) is 10.7. The van der Waals surface area contributed by atoms with E-state index in [1.807, 2.05) is 20.8 Å². The van der Waals surface area contributed by atoms with Crippen LogP contribution in [0.1, 0.15) is 53.4 Å². The first-order chi connectivity index (χ1) is 7.40. The van der Waals surface area contributed by atoms with Crippen molar-refractivity contribution in [3.8, 4) is 0 Å². The van der Waals surface area contributed by atoms with Crippen molar-refractivity contribution in [1.29, 1.82) is 0 Å². The summed E-state index contributed by atoms with van der Waals surface area (Å²) in [6.45, 7) is 7.54. The molecule has 0 fully saturated rings. The lowest BCUT2D eigenvalue weighted by Gasteiger charge is -2.23. The number of unbranched alkanes of at least 4 members (excludes halogenated alkanes) is 2. The predicted octanol–water partition coefficient (Wildman–Crippen LogP) is 2.02. The first-order valence-electron chi connectivity index (χ1n) is 5.83. The third-order valence-corrected chi connectivity index (χ3v) is 2.06. The van der Waals surface area contributed by atoms with E-state index in [4.69, 9.17) is 4.74 Å². The fourth-order valence-electron chi connectivity index (χ4n) is 1.32. The van der Waals surface area contributed by atoms with Crippen LogP contribution in [0.4, 0.5) is 0 Å². The van der Waals surface area contributed by atoms with Gasteiger partial charge in [0, 0.05) is 0 Å². The van der Waals surface area contributed by atoms with Gasteiger partial charge in [-0.15, -0.1) is 0 Å². The second kappa shape index (κ2) is 7.25. The molecule has 0 aliphatic heterocycles. The van der Waals surface area contributed by atoms with Gasteiger partial charge in [0.15, 0.2) is 0 Å². The summed E-state index contributed by atoms with van der Waals surface area (Å²) in [6, 6.07) is -0.511.